The lowest BCUT2D eigenvalue weighted by Gasteiger charge is -2.43. The largest absolute Gasteiger partial charge is 0.351 e. The number of rotatable bonds is 6. The Bertz CT molecular complexity index is 824. The van der Waals surface area contributed by atoms with Crippen molar-refractivity contribution < 1.29 is 4.79 Å². The van der Waals surface area contributed by atoms with E-state index < -0.39 is 0 Å². The summed E-state index contributed by atoms with van der Waals surface area (Å²) in [5.74, 6) is 2.22. The molecule has 3 heterocycles. The molecule has 8 heteroatoms. The number of carbonyl (C=O) groups excluding carboxylic acids is 1. The predicted molar refractivity (Wildman–Crippen MR) is 122 cm³/mol. The first-order valence-electron chi connectivity index (χ1n) is 11.8. The van der Waals surface area contributed by atoms with Gasteiger partial charge >= 0.3 is 0 Å². The van der Waals surface area contributed by atoms with Gasteiger partial charge in [0.25, 0.3) is 0 Å². The Kier molecular flexibility index (Phi) is 6.61. The van der Waals surface area contributed by atoms with E-state index in [-0.39, 0.29) is 18.0 Å². The number of carbonyl (C=O) groups is 1. The van der Waals surface area contributed by atoms with E-state index in [9.17, 15) is 4.79 Å². The molecule has 3 aliphatic rings. The maximum absolute atomic E-state index is 13.0. The Balaban J connectivity index is 1.53. The summed E-state index contributed by atoms with van der Waals surface area (Å²) < 4.78 is 0. The van der Waals surface area contributed by atoms with Gasteiger partial charge in [-0.1, -0.05) is 19.8 Å². The molecule has 1 saturated carbocycles. The average Bonchev–Trinajstić information content (AvgIpc) is 3.31. The van der Waals surface area contributed by atoms with E-state index >= 15 is 0 Å². The van der Waals surface area contributed by atoms with Crippen molar-refractivity contribution in [3.05, 3.63) is 6.20 Å². The van der Waals surface area contributed by atoms with Gasteiger partial charge in [-0.05, 0) is 58.0 Å². The van der Waals surface area contributed by atoms with Gasteiger partial charge in [0.2, 0.25) is 11.9 Å². The first-order chi connectivity index (χ1) is 15.0. The lowest BCUT2D eigenvalue weighted by atomic mass is 9.90. The molecule has 2 atom stereocenters. The molecule has 1 N–H and O–H groups in total. The SMILES string of the molecule is CCC1C(=O)N(C)c2cnc(N[C@@H](C)C3CCN(CC#N)CC3)nc2N1C1CCCC1. The molecule has 0 aromatic carbocycles. The van der Waals surface area contributed by atoms with Crippen molar-refractivity contribution in [1.29, 1.82) is 5.26 Å². The smallest absolute Gasteiger partial charge is 0.249 e. The third kappa shape index (κ3) is 4.33. The lowest BCUT2D eigenvalue weighted by Crippen LogP contribution is -2.55. The number of likely N-dealkylation sites (tertiary alicyclic amines) is 1. The Labute approximate surface area is 185 Å². The van der Waals surface area contributed by atoms with Gasteiger partial charge in [0.05, 0.1) is 18.8 Å². The maximum Gasteiger partial charge on any atom is 0.249 e. The van der Waals surface area contributed by atoms with Gasteiger partial charge < -0.3 is 15.1 Å². The number of likely N-dealkylation sites (N-methyl/N-ethyl adjacent to an activating group) is 1. The molecule has 168 valence electrons. The molecule has 1 amide bonds. The Morgan fingerprint density at radius 1 is 1.26 bits per heavy atom. The summed E-state index contributed by atoms with van der Waals surface area (Å²) in [7, 11) is 1.84. The van der Waals surface area contributed by atoms with Crippen molar-refractivity contribution in [2.45, 2.75) is 76.9 Å². The van der Waals surface area contributed by atoms with Gasteiger partial charge in [-0.15, -0.1) is 0 Å². The second kappa shape index (κ2) is 9.39. The summed E-state index contributed by atoms with van der Waals surface area (Å²) >= 11 is 0. The van der Waals surface area contributed by atoms with Gasteiger partial charge in [0, 0.05) is 19.1 Å². The number of aromatic nitrogens is 2. The highest BCUT2D eigenvalue weighted by atomic mass is 16.2. The van der Waals surface area contributed by atoms with E-state index in [1.165, 1.54) is 12.8 Å². The summed E-state index contributed by atoms with van der Waals surface area (Å²) in [6.07, 6.45) is 9.41. The topological polar surface area (TPSA) is 88.4 Å². The zero-order valence-electron chi connectivity index (χ0n) is 19.0. The number of fused-ring (bicyclic) bond motifs is 1. The van der Waals surface area contributed by atoms with Crippen LogP contribution in [0.2, 0.25) is 0 Å². The van der Waals surface area contributed by atoms with Crippen molar-refractivity contribution in [1.82, 2.24) is 14.9 Å². The number of hydrogen-bond donors (Lipinski definition) is 1. The van der Waals surface area contributed by atoms with Gasteiger partial charge in [0.15, 0.2) is 5.82 Å². The maximum atomic E-state index is 13.0. The van der Waals surface area contributed by atoms with E-state index in [1.807, 2.05) is 7.05 Å². The fraction of sp³-hybridized carbons (Fsp3) is 0.739. The molecule has 0 radical (unpaired) electrons. The number of nitrogens with zero attached hydrogens (tertiary/aromatic N) is 6. The Morgan fingerprint density at radius 2 is 1.97 bits per heavy atom. The summed E-state index contributed by atoms with van der Waals surface area (Å²) in [6.45, 7) is 6.74. The molecular formula is C23H35N7O. The molecule has 2 fully saturated rings. The van der Waals surface area contributed by atoms with Crippen molar-refractivity contribution in [2.24, 2.45) is 5.92 Å². The van der Waals surface area contributed by atoms with Crippen LogP contribution in [0.25, 0.3) is 0 Å². The lowest BCUT2D eigenvalue weighted by molar-refractivity contribution is -0.120. The molecule has 0 bridgehead atoms. The van der Waals surface area contributed by atoms with E-state index in [0.29, 0.717) is 24.5 Å². The number of amides is 1. The van der Waals surface area contributed by atoms with Gasteiger partial charge in [-0.25, -0.2) is 4.98 Å². The summed E-state index contributed by atoms with van der Waals surface area (Å²) in [4.78, 5) is 28.8. The third-order valence-corrected chi connectivity index (χ3v) is 7.40. The van der Waals surface area contributed by atoms with Crippen LogP contribution in [0.1, 0.15) is 58.8 Å². The number of hydrogen-bond acceptors (Lipinski definition) is 7. The minimum Gasteiger partial charge on any atom is -0.351 e. The van der Waals surface area contributed by atoms with Crippen LogP contribution in [-0.4, -0.2) is 65.6 Å². The number of nitrogens with one attached hydrogen (secondary N) is 1. The molecule has 4 rings (SSSR count). The Morgan fingerprint density at radius 3 is 2.61 bits per heavy atom. The molecule has 8 nitrogen and oxygen atoms in total. The first kappa shape index (κ1) is 21.8. The predicted octanol–water partition coefficient (Wildman–Crippen LogP) is 3.02. The highest BCUT2D eigenvalue weighted by Crippen LogP contribution is 2.40. The van der Waals surface area contributed by atoms with E-state index in [0.717, 1.165) is 56.7 Å². The van der Waals surface area contributed by atoms with Crippen LogP contribution >= 0.6 is 0 Å². The van der Waals surface area contributed by atoms with Crippen LogP contribution in [-0.2, 0) is 4.79 Å². The number of anilines is 3. The highest BCUT2D eigenvalue weighted by molar-refractivity contribution is 6.04. The fourth-order valence-electron chi connectivity index (χ4n) is 5.49. The molecule has 1 aliphatic carbocycles. The quantitative estimate of drug-likeness (QED) is 0.701. The van der Waals surface area contributed by atoms with Crippen LogP contribution in [0.3, 0.4) is 0 Å². The first-order valence-corrected chi connectivity index (χ1v) is 11.8. The average molecular weight is 426 g/mol. The molecule has 1 aromatic rings. The minimum absolute atomic E-state index is 0.142. The summed E-state index contributed by atoms with van der Waals surface area (Å²) in [5.41, 5.74) is 0.810. The number of piperidine rings is 1. The van der Waals surface area contributed by atoms with Crippen molar-refractivity contribution in [3.63, 3.8) is 0 Å². The van der Waals surface area contributed by atoms with Crippen molar-refractivity contribution >= 4 is 23.4 Å². The molecule has 1 unspecified atom stereocenters. The molecule has 2 aliphatic heterocycles. The molecule has 1 aromatic heterocycles. The third-order valence-electron chi connectivity index (χ3n) is 7.40. The molecule has 0 spiro atoms. The van der Waals surface area contributed by atoms with Crippen LogP contribution in [0.15, 0.2) is 6.20 Å². The second-order valence-corrected chi connectivity index (χ2v) is 9.27. The minimum atomic E-state index is -0.148. The monoisotopic (exact) mass is 425 g/mol. The fourth-order valence-corrected chi connectivity index (χ4v) is 5.49. The molecule has 31 heavy (non-hydrogen) atoms. The molecular weight excluding hydrogens is 390 g/mol. The zero-order valence-corrected chi connectivity index (χ0v) is 19.0. The van der Waals surface area contributed by atoms with Gasteiger partial charge in [0.1, 0.15) is 11.7 Å². The van der Waals surface area contributed by atoms with Crippen LogP contribution < -0.4 is 15.1 Å². The zero-order chi connectivity index (χ0) is 22.0. The van der Waals surface area contributed by atoms with Crippen LogP contribution in [0.4, 0.5) is 17.5 Å². The standard InChI is InChI=1S/C23H35N7O/c1-4-19-22(31)28(3)20-15-25-23(27-21(20)30(19)18-7-5-6-8-18)26-16(2)17-9-12-29(13-10-17)14-11-24/h15-19H,4-10,12-14H2,1-3H3,(H,25,26,27)/t16-,19?/m0/s1. The molecule has 1 saturated heterocycles. The summed E-state index contributed by atoms with van der Waals surface area (Å²) in [6, 6.07) is 2.74. The van der Waals surface area contributed by atoms with Crippen molar-refractivity contribution in [2.75, 3.05) is 41.8 Å². The summed E-state index contributed by atoms with van der Waals surface area (Å²) in [5, 5.41) is 12.5. The van der Waals surface area contributed by atoms with E-state index in [1.54, 1.807) is 11.1 Å². The normalized spacial score (nSPS) is 24.2. The highest BCUT2D eigenvalue weighted by Gasteiger charge is 2.41. The Hall–Kier alpha value is -2.40. The van der Waals surface area contributed by atoms with Gasteiger partial charge in [-0.3, -0.25) is 9.69 Å². The van der Waals surface area contributed by atoms with Crippen LogP contribution in [0, 0.1) is 17.2 Å². The van der Waals surface area contributed by atoms with E-state index in [2.05, 4.69) is 40.0 Å². The van der Waals surface area contributed by atoms with E-state index in [4.69, 9.17) is 10.2 Å². The number of nitriles is 1. The second-order valence-electron chi connectivity index (χ2n) is 9.27. The van der Waals surface area contributed by atoms with Crippen LogP contribution in [0.5, 0.6) is 0 Å². The van der Waals surface area contributed by atoms with Gasteiger partial charge in [-0.2, -0.15) is 10.2 Å². The van der Waals surface area contributed by atoms with Crippen molar-refractivity contribution in [3.8, 4) is 6.07 Å².